The van der Waals surface area contributed by atoms with Crippen LogP contribution in [0.15, 0.2) is 36.0 Å². The first kappa shape index (κ1) is 17.0. The zero-order chi connectivity index (χ0) is 18.0. The van der Waals surface area contributed by atoms with Gasteiger partial charge in [-0.3, -0.25) is 0 Å². The topological polar surface area (TPSA) is 65.4 Å². The van der Waals surface area contributed by atoms with Crippen molar-refractivity contribution in [3.63, 3.8) is 0 Å². The Hall–Kier alpha value is -2.89. The number of thiophene rings is 1. The summed E-state index contributed by atoms with van der Waals surface area (Å²) in [5, 5.41) is 19.0. The van der Waals surface area contributed by atoms with Gasteiger partial charge in [-0.05, 0) is 24.8 Å². The van der Waals surface area contributed by atoms with Crippen LogP contribution < -0.4 is 0 Å². The highest BCUT2D eigenvalue weighted by Crippen LogP contribution is 2.39. The molecule has 3 rings (SSSR count). The van der Waals surface area contributed by atoms with Crippen LogP contribution in [0, 0.1) is 17.9 Å². The van der Waals surface area contributed by atoms with Gasteiger partial charge < -0.3 is 5.11 Å². The fourth-order valence-electron chi connectivity index (χ4n) is 3.30. The standard InChI is InChI=1S/C20H16N2O2S/c1-3-17-15(11-21)18(19(25-17)20(23)24)13-9-7-12(8-10-13)14-5-4-6-16(14)22-2/h6-10,14H,3-5H2,1H3,(H,23,24). The molecule has 25 heavy (non-hydrogen) atoms. The summed E-state index contributed by atoms with van der Waals surface area (Å²) in [6.45, 7) is 9.19. The van der Waals surface area contributed by atoms with Crippen molar-refractivity contribution in [2.45, 2.75) is 32.1 Å². The molecule has 0 spiro atoms. The molecule has 0 aliphatic heterocycles. The third-order valence-corrected chi connectivity index (χ3v) is 5.83. The van der Waals surface area contributed by atoms with E-state index in [0.29, 0.717) is 17.5 Å². The number of hydrogen-bond acceptors (Lipinski definition) is 3. The van der Waals surface area contributed by atoms with E-state index in [9.17, 15) is 15.2 Å². The molecule has 124 valence electrons. The molecule has 1 heterocycles. The molecule has 1 aliphatic carbocycles. The first-order valence-corrected chi connectivity index (χ1v) is 8.89. The number of benzene rings is 1. The highest BCUT2D eigenvalue weighted by atomic mass is 32.1. The van der Waals surface area contributed by atoms with Crippen LogP contribution in [0.25, 0.3) is 16.0 Å². The molecule has 0 saturated carbocycles. The normalized spacial score (nSPS) is 16.1. The Morgan fingerprint density at radius 1 is 1.44 bits per heavy atom. The lowest BCUT2D eigenvalue weighted by Crippen LogP contribution is -1.98. The largest absolute Gasteiger partial charge is 0.477 e. The van der Waals surface area contributed by atoms with E-state index >= 15 is 0 Å². The highest BCUT2D eigenvalue weighted by Gasteiger charge is 2.24. The lowest BCUT2D eigenvalue weighted by Gasteiger charge is -2.11. The molecule has 0 fully saturated rings. The molecule has 0 bridgehead atoms. The summed E-state index contributed by atoms with van der Waals surface area (Å²) in [7, 11) is 0. The van der Waals surface area contributed by atoms with Crippen molar-refractivity contribution < 1.29 is 9.90 Å². The van der Waals surface area contributed by atoms with Crippen molar-refractivity contribution in [1.29, 1.82) is 5.26 Å². The predicted octanol–water partition coefficient (Wildman–Crippen LogP) is 5.23. The van der Waals surface area contributed by atoms with Crippen LogP contribution in [0.5, 0.6) is 0 Å². The van der Waals surface area contributed by atoms with Gasteiger partial charge in [0.2, 0.25) is 0 Å². The zero-order valence-electron chi connectivity index (χ0n) is 13.7. The summed E-state index contributed by atoms with van der Waals surface area (Å²) in [6.07, 6.45) is 4.46. The number of aromatic carboxylic acids is 1. The Balaban J connectivity index is 2.05. The third-order valence-electron chi connectivity index (χ3n) is 4.50. The monoisotopic (exact) mass is 348 g/mol. The summed E-state index contributed by atoms with van der Waals surface area (Å²) in [5.41, 5.74) is 3.54. The fraction of sp³-hybridized carbons (Fsp3) is 0.250. The minimum atomic E-state index is -1.01. The Labute approximate surface area is 150 Å². The number of nitrogens with zero attached hydrogens (tertiary/aromatic N) is 2. The van der Waals surface area contributed by atoms with E-state index in [1.165, 1.54) is 11.3 Å². The van der Waals surface area contributed by atoms with Gasteiger partial charge >= 0.3 is 5.97 Å². The van der Waals surface area contributed by atoms with Gasteiger partial charge in [-0.1, -0.05) is 42.8 Å². The second-order valence-corrected chi connectivity index (χ2v) is 6.97. The Morgan fingerprint density at radius 3 is 2.72 bits per heavy atom. The van der Waals surface area contributed by atoms with Gasteiger partial charge in [-0.25, -0.2) is 9.64 Å². The molecule has 0 radical (unpaired) electrons. The fourth-order valence-corrected chi connectivity index (χ4v) is 4.35. The van der Waals surface area contributed by atoms with Crippen molar-refractivity contribution in [1.82, 2.24) is 0 Å². The van der Waals surface area contributed by atoms with Crippen molar-refractivity contribution in [2.75, 3.05) is 0 Å². The summed E-state index contributed by atoms with van der Waals surface area (Å²) in [5.74, 6) is -0.885. The van der Waals surface area contributed by atoms with Gasteiger partial charge in [0, 0.05) is 16.4 Å². The molecule has 1 atom stereocenters. The smallest absolute Gasteiger partial charge is 0.346 e. The molecule has 5 heteroatoms. The van der Waals surface area contributed by atoms with Gasteiger partial charge in [0.05, 0.1) is 12.1 Å². The van der Waals surface area contributed by atoms with Crippen molar-refractivity contribution >= 4 is 17.3 Å². The molecule has 1 aliphatic rings. The molecule has 1 N–H and O–H groups in total. The maximum Gasteiger partial charge on any atom is 0.346 e. The van der Waals surface area contributed by atoms with E-state index in [0.717, 1.165) is 34.5 Å². The minimum Gasteiger partial charge on any atom is -0.477 e. The second-order valence-electron chi connectivity index (χ2n) is 5.87. The van der Waals surface area contributed by atoms with E-state index in [4.69, 9.17) is 6.57 Å². The maximum atomic E-state index is 11.6. The number of allylic oxidation sites excluding steroid dienone is 2. The molecule has 1 aromatic carbocycles. The van der Waals surface area contributed by atoms with Gasteiger partial charge in [0.1, 0.15) is 10.9 Å². The van der Waals surface area contributed by atoms with Crippen LogP contribution in [0.2, 0.25) is 0 Å². The molecule has 1 aromatic heterocycles. The number of aryl methyl sites for hydroxylation is 1. The number of nitriles is 1. The van der Waals surface area contributed by atoms with Gasteiger partial charge in [-0.2, -0.15) is 5.26 Å². The van der Waals surface area contributed by atoms with Crippen LogP contribution in [-0.2, 0) is 6.42 Å². The van der Waals surface area contributed by atoms with Crippen LogP contribution in [-0.4, -0.2) is 11.1 Å². The SMILES string of the molecule is [C-]#[N+]C1=CCCC1c1ccc(-c2c(C(=O)O)sc(CC)c2C#N)cc1. The third kappa shape index (κ3) is 2.95. The highest BCUT2D eigenvalue weighted by molar-refractivity contribution is 7.14. The van der Waals surface area contributed by atoms with Crippen LogP contribution in [0.3, 0.4) is 0 Å². The average Bonchev–Trinajstić information content (AvgIpc) is 3.25. The van der Waals surface area contributed by atoms with E-state index in [2.05, 4.69) is 10.9 Å². The van der Waals surface area contributed by atoms with E-state index in [-0.39, 0.29) is 10.8 Å². The number of hydrogen-bond donors (Lipinski definition) is 1. The predicted molar refractivity (Wildman–Crippen MR) is 97.5 cm³/mol. The van der Waals surface area contributed by atoms with Gasteiger partial charge in [0.25, 0.3) is 0 Å². The number of carbonyl (C=O) groups is 1. The van der Waals surface area contributed by atoms with Crippen LogP contribution in [0.4, 0.5) is 0 Å². The quantitative estimate of drug-likeness (QED) is 0.770. The van der Waals surface area contributed by atoms with E-state index in [1.807, 2.05) is 37.3 Å². The molecular formula is C20H16N2O2S. The Kier molecular flexibility index (Phi) is 4.70. The van der Waals surface area contributed by atoms with E-state index in [1.54, 1.807) is 0 Å². The summed E-state index contributed by atoms with van der Waals surface area (Å²) in [6, 6.07) is 9.79. The Bertz CT molecular complexity index is 940. The molecule has 0 saturated heterocycles. The number of rotatable bonds is 4. The maximum absolute atomic E-state index is 11.6. The summed E-state index contributed by atoms with van der Waals surface area (Å²) >= 11 is 1.18. The first-order chi connectivity index (χ1) is 12.1. The van der Waals surface area contributed by atoms with Gasteiger partial charge in [-0.15, -0.1) is 11.3 Å². The van der Waals surface area contributed by atoms with Crippen LogP contribution >= 0.6 is 11.3 Å². The lowest BCUT2D eigenvalue weighted by molar-refractivity contribution is 0.0703. The second kappa shape index (κ2) is 6.93. The zero-order valence-corrected chi connectivity index (χ0v) is 14.6. The van der Waals surface area contributed by atoms with E-state index < -0.39 is 5.97 Å². The van der Waals surface area contributed by atoms with Gasteiger partial charge in [0.15, 0.2) is 5.70 Å². The molecule has 1 unspecified atom stereocenters. The average molecular weight is 348 g/mol. The summed E-state index contributed by atoms with van der Waals surface area (Å²) < 4.78 is 0. The molecular weight excluding hydrogens is 332 g/mol. The Morgan fingerprint density at radius 2 is 2.16 bits per heavy atom. The summed E-state index contributed by atoms with van der Waals surface area (Å²) in [4.78, 5) is 16.2. The first-order valence-electron chi connectivity index (χ1n) is 8.07. The lowest BCUT2D eigenvalue weighted by atomic mass is 9.93. The number of carboxylic acids is 1. The van der Waals surface area contributed by atoms with Crippen molar-refractivity contribution in [3.8, 4) is 17.2 Å². The number of carboxylic acid groups (broad SMARTS) is 1. The molecule has 2 aromatic rings. The van der Waals surface area contributed by atoms with Crippen LogP contribution in [0.1, 0.15) is 51.4 Å². The van der Waals surface area contributed by atoms with Crippen molar-refractivity contribution in [3.05, 3.63) is 68.3 Å². The molecule has 4 nitrogen and oxygen atoms in total. The molecule has 0 amide bonds. The van der Waals surface area contributed by atoms with Crippen molar-refractivity contribution in [2.24, 2.45) is 0 Å². The minimum absolute atomic E-state index is 0.120.